The second-order valence-corrected chi connectivity index (χ2v) is 24.9. The summed E-state index contributed by atoms with van der Waals surface area (Å²) in [6, 6.07) is 4.66. The molecule has 3 aromatic heterocycles. The maximum atomic E-state index is 11.7. The van der Waals surface area contributed by atoms with Crippen molar-refractivity contribution in [2.45, 2.75) is 52.4 Å². The van der Waals surface area contributed by atoms with Gasteiger partial charge in [0, 0.05) is 83.1 Å². The fourth-order valence-corrected chi connectivity index (χ4v) is 13.4. The van der Waals surface area contributed by atoms with Gasteiger partial charge in [0.05, 0.1) is 74.6 Å². The summed E-state index contributed by atoms with van der Waals surface area (Å²) >= 11 is 0. The monoisotopic (exact) mass is 1210 g/mol. The summed E-state index contributed by atoms with van der Waals surface area (Å²) in [5.41, 5.74) is -8.44. The van der Waals surface area contributed by atoms with Crippen LogP contribution in [-0.4, -0.2) is 15.8 Å². The standard InChI is InChI=1S/C86H65BN4O/c1-85(2,3)57-49-77-81-78(50-57)91(83-67(56-31-14-9-15-32-56)53-68(86(4,5)6)80-66-37-20-25-44-79(66)92-84(80)83)76-52-59(89-73-42-23-18-35-64(73)65-36-19-24-43-74(65)89)46-48-70(76)87(81)69-47-45-58(88-71-40-21-16-33-62(71)63-34-17-22-41-72(63)88)51-75(69)90(77)82-60(54-27-10-7-11-28-54)38-26-39-61(82)55-29-12-8-13-30-55/h7-53H,1-6H3/i16D,17D,18D,19D,20D,21D,22D,23D,24D,25D,26D,33D,34D,35D,36D,37D,38D,39D,40D,41D,42D,43D,44D,45D,46D,47D,48D,51D,52D,53D. The number of nitrogens with zero attached hydrogens (tertiary/aromatic N) is 4. The van der Waals surface area contributed by atoms with Crippen LogP contribution in [0, 0.1) is 0 Å². The van der Waals surface area contributed by atoms with Gasteiger partial charge in [-0.1, -0.05) is 253 Å². The molecule has 0 saturated heterocycles. The topological polar surface area (TPSA) is 29.5 Å². The highest BCUT2D eigenvalue weighted by atomic mass is 16.3. The lowest BCUT2D eigenvalue weighted by molar-refractivity contribution is 0.590. The van der Waals surface area contributed by atoms with Gasteiger partial charge in [0.2, 0.25) is 0 Å². The number of hydrogen-bond donors (Lipinski definition) is 0. The number of hydrogen-bond acceptors (Lipinski definition) is 3. The number of furan rings is 1. The van der Waals surface area contributed by atoms with Gasteiger partial charge in [0.25, 0.3) is 6.71 Å². The van der Waals surface area contributed by atoms with Gasteiger partial charge in [-0.05, 0) is 128 Å². The molecule has 0 spiro atoms. The summed E-state index contributed by atoms with van der Waals surface area (Å²) in [5, 5.41) is -2.15. The van der Waals surface area contributed by atoms with E-state index in [1.165, 1.54) is 9.80 Å². The van der Waals surface area contributed by atoms with E-state index in [9.17, 15) is 35.6 Å². The molecule has 5 nitrogen and oxygen atoms in total. The van der Waals surface area contributed by atoms with Crippen LogP contribution in [0.1, 0.15) is 93.8 Å². The van der Waals surface area contributed by atoms with E-state index in [0.717, 1.165) is 9.13 Å². The lowest BCUT2D eigenvalue weighted by atomic mass is 9.33. The molecule has 438 valence electrons. The Labute approximate surface area is 578 Å². The van der Waals surface area contributed by atoms with E-state index in [1.54, 1.807) is 124 Å². The van der Waals surface area contributed by atoms with E-state index in [0.29, 0.717) is 5.56 Å². The maximum absolute atomic E-state index is 11.7. The Hall–Kier alpha value is -11.1. The summed E-state index contributed by atoms with van der Waals surface area (Å²) < 4.78 is 307. The molecule has 16 aromatic rings. The molecular formula is C86H65BN4O. The Morgan fingerprint density at radius 1 is 0.380 bits per heavy atom. The molecule has 0 amide bonds. The van der Waals surface area contributed by atoms with E-state index in [4.69, 9.17) is 9.90 Å². The molecule has 2 aliphatic rings. The molecule has 5 heterocycles. The molecule has 0 unspecified atom stereocenters. The number of rotatable bonds is 7. The fourth-order valence-electron chi connectivity index (χ4n) is 13.4. The lowest BCUT2D eigenvalue weighted by Crippen LogP contribution is -2.61. The van der Waals surface area contributed by atoms with E-state index >= 15 is 0 Å². The van der Waals surface area contributed by atoms with Crippen LogP contribution in [0.2, 0.25) is 0 Å². The van der Waals surface area contributed by atoms with Crippen molar-refractivity contribution in [3.63, 3.8) is 0 Å². The van der Waals surface area contributed by atoms with Crippen LogP contribution in [0.3, 0.4) is 0 Å². The van der Waals surface area contributed by atoms with Gasteiger partial charge in [-0.25, -0.2) is 0 Å². The average molecular weight is 1210 g/mol. The summed E-state index contributed by atoms with van der Waals surface area (Å²) in [4.78, 5) is 2.90. The van der Waals surface area contributed by atoms with Gasteiger partial charge in [0.1, 0.15) is 5.58 Å². The third-order valence-electron chi connectivity index (χ3n) is 17.4. The van der Waals surface area contributed by atoms with Crippen molar-refractivity contribution < 1.29 is 45.5 Å². The Morgan fingerprint density at radius 2 is 0.793 bits per heavy atom. The van der Waals surface area contributed by atoms with Crippen molar-refractivity contribution in [3.05, 3.63) is 296 Å². The molecule has 18 rings (SSSR count). The second kappa shape index (κ2) is 20.2. The zero-order valence-corrected chi connectivity index (χ0v) is 50.1. The van der Waals surface area contributed by atoms with Gasteiger partial charge < -0.3 is 23.4 Å². The summed E-state index contributed by atoms with van der Waals surface area (Å²) in [7, 11) is 0. The molecule has 0 fully saturated rings. The van der Waals surface area contributed by atoms with E-state index in [-0.39, 0.29) is 89.6 Å². The molecule has 0 N–H and O–H groups in total. The summed E-state index contributed by atoms with van der Waals surface area (Å²) in [5.74, 6) is 0. The summed E-state index contributed by atoms with van der Waals surface area (Å²) in [6.45, 7) is 8.91. The first-order valence-electron chi connectivity index (χ1n) is 44.8. The largest absolute Gasteiger partial charge is 0.454 e. The molecule has 0 saturated carbocycles. The van der Waals surface area contributed by atoms with E-state index in [2.05, 4.69) is 0 Å². The fraction of sp³-hybridized carbons (Fsp3) is 0.0930. The molecule has 13 aromatic carbocycles. The Kier molecular flexibility index (Phi) is 6.94. The van der Waals surface area contributed by atoms with Gasteiger partial charge >= 0.3 is 0 Å². The Morgan fingerprint density at radius 3 is 1.24 bits per heavy atom. The molecular weight excluding hydrogens is 1120 g/mol. The van der Waals surface area contributed by atoms with Crippen LogP contribution in [0.15, 0.2) is 289 Å². The normalized spacial score (nSPS) is 17.6. The van der Waals surface area contributed by atoms with Crippen LogP contribution in [0.5, 0.6) is 0 Å². The first-order chi connectivity index (χ1) is 57.5. The number of anilines is 6. The number of aromatic nitrogens is 2. The Bertz CT molecular complexity index is 7320. The summed E-state index contributed by atoms with van der Waals surface area (Å²) in [6.07, 6.45) is 0. The first kappa shape index (κ1) is 31.6. The first-order valence-corrected chi connectivity index (χ1v) is 29.8. The Balaban J connectivity index is 1.16. The zero-order valence-electron chi connectivity index (χ0n) is 80.1. The minimum Gasteiger partial charge on any atom is -0.454 e. The van der Waals surface area contributed by atoms with Crippen molar-refractivity contribution in [3.8, 4) is 44.8 Å². The highest BCUT2D eigenvalue weighted by molar-refractivity contribution is 7.00. The number of fused-ring (bicyclic) bond motifs is 13. The SMILES string of the molecule is [2H]c1c([2H])c(-c2ccccc2)c(N2c3cc(C(C)(C)C)cc4c3B(c3c([2H])c([2H])c(-n5c6c([2H])c([2H])c([2H])c([2H])c6c6c([2H])c([2H])c([2H])c([2H])c65)c([2H])c32)c2c([2H])c([2H])c(-n3c5c([2H])c([2H])c([2H])c([2H])c5c5c([2H])c([2H])c([2H])c([2H])c53)c([2H])c2N4c2c(-c3ccccc3)c([2H])c(C(C)(C)C)c3c2oc2c([2H])c([2H])c([2H])c([2H])c23)c(-c2ccccc2)c1[2H]. The van der Waals surface area contributed by atoms with E-state index < -0.39 is 276 Å². The van der Waals surface area contributed by atoms with Crippen molar-refractivity contribution in [1.29, 1.82) is 0 Å². The van der Waals surface area contributed by atoms with Crippen LogP contribution < -0.4 is 26.2 Å². The molecule has 0 aliphatic carbocycles. The van der Waals surface area contributed by atoms with E-state index in [1.807, 2.05) is 20.8 Å². The maximum Gasteiger partial charge on any atom is 0.252 e. The van der Waals surface area contributed by atoms with Gasteiger partial charge in [-0.15, -0.1) is 0 Å². The average Bonchev–Trinajstić information content (AvgIpc) is 0.780. The predicted octanol–water partition coefficient (Wildman–Crippen LogP) is 21.5. The molecule has 0 atom stereocenters. The van der Waals surface area contributed by atoms with Crippen LogP contribution >= 0.6 is 0 Å². The minimum absolute atomic E-state index is 0.0384. The van der Waals surface area contributed by atoms with Crippen LogP contribution in [-0.2, 0) is 10.8 Å². The second-order valence-electron chi connectivity index (χ2n) is 24.9. The molecule has 0 bridgehead atoms. The van der Waals surface area contributed by atoms with Gasteiger partial charge in [-0.2, -0.15) is 0 Å². The minimum atomic E-state index is -1.95. The van der Waals surface area contributed by atoms with Crippen molar-refractivity contribution in [2.75, 3.05) is 9.80 Å². The molecule has 92 heavy (non-hydrogen) atoms. The third kappa shape index (κ3) is 8.05. The molecule has 2 aliphatic heterocycles. The number of benzene rings is 13. The van der Waals surface area contributed by atoms with Crippen molar-refractivity contribution in [1.82, 2.24) is 9.13 Å². The van der Waals surface area contributed by atoms with Crippen LogP contribution in [0.25, 0.3) is 110 Å². The van der Waals surface area contributed by atoms with Gasteiger partial charge in [0.15, 0.2) is 5.58 Å². The predicted molar refractivity (Wildman–Crippen MR) is 390 cm³/mol. The molecule has 6 heteroatoms. The quantitative estimate of drug-likeness (QED) is 0.149. The zero-order chi connectivity index (χ0) is 87.8. The smallest absolute Gasteiger partial charge is 0.252 e. The highest BCUT2D eigenvalue weighted by Crippen LogP contribution is 2.56. The third-order valence-corrected chi connectivity index (χ3v) is 17.4. The molecule has 0 radical (unpaired) electrons. The van der Waals surface area contributed by atoms with Crippen molar-refractivity contribution >= 4 is 123 Å². The highest BCUT2D eigenvalue weighted by Gasteiger charge is 2.47. The van der Waals surface area contributed by atoms with Crippen LogP contribution in [0.4, 0.5) is 34.1 Å². The number of para-hydroxylation sites is 6. The van der Waals surface area contributed by atoms with Crippen molar-refractivity contribution in [2.24, 2.45) is 0 Å². The van der Waals surface area contributed by atoms with Gasteiger partial charge in [-0.3, -0.25) is 0 Å². The lowest BCUT2D eigenvalue weighted by Gasteiger charge is -2.46.